The Morgan fingerprint density at radius 1 is 0.980 bits per heavy atom. The molecule has 0 unspecified atom stereocenters. The molecular formula is C38H60N6O6Si. The topological polar surface area (TPSA) is 120 Å². The van der Waals surface area contributed by atoms with Crippen LogP contribution in [0.5, 0.6) is 5.75 Å². The molecule has 1 saturated heterocycles. The maximum absolute atomic E-state index is 14.3. The number of fused-ring (bicyclic) bond motifs is 1. The number of aromatic nitrogens is 3. The molecule has 282 valence electrons. The average Bonchev–Trinajstić information content (AvgIpc) is 3.47. The minimum absolute atomic E-state index is 0.0720. The van der Waals surface area contributed by atoms with Crippen LogP contribution in [0.25, 0.3) is 5.65 Å². The highest BCUT2D eigenvalue weighted by atomic mass is 28.4. The van der Waals surface area contributed by atoms with Crippen LogP contribution in [0.4, 0.5) is 26.9 Å². The lowest BCUT2D eigenvalue weighted by Crippen LogP contribution is -2.47. The second-order valence-electron chi connectivity index (χ2n) is 16.7. The van der Waals surface area contributed by atoms with Gasteiger partial charge in [-0.2, -0.15) is 9.61 Å². The largest absolute Gasteiger partial charge is 0.494 e. The molecule has 12 nitrogen and oxygen atoms in total. The molecule has 51 heavy (non-hydrogen) atoms. The SMILES string of the molecule is CCOc1ccc(N(C(=O)OC(C)(C)C)c2c(CCCO[Si](C)(C)C(C)(C)C)c(N[C@H]3CCCN(C(=O)OC(C)(C)C)C3)nc3ccnn23)cc1. The van der Waals surface area contributed by atoms with E-state index in [-0.39, 0.29) is 17.2 Å². The molecule has 3 aromatic rings. The van der Waals surface area contributed by atoms with E-state index in [2.05, 4.69) is 44.3 Å². The monoisotopic (exact) mass is 724 g/mol. The number of hydrogen-bond acceptors (Lipinski definition) is 9. The molecule has 0 radical (unpaired) electrons. The van der Waals surface area contributed by atoms with Gasteiger partial charge in [-0.25, -0.2) is 19.5 Å². The van der Waals surface area contributed by atoms with Crippen LogP contribution in [0.1, 0.15) is 94.1 Å². The number of nitrogens with zero attached hydrogens (tertiary/aromatic N) is 5. The Labute approximate surface area is 305 Å². The summed E-state index contributed by atoms with van der Waals surface area (Å²) < 4.78 is 25.8. The summed E-state index contributed by atoms with van der Waals surface area (Å²) in [7, 11) is -2.00. The molecule has 1 atom stereocenters. The summed E-state index contributed by atoms with van der Waals surface area (Å²) >= 11 is 0. The first-order valence-electron chi connectivity index (χ1n) is 18.2. The quantitative estimate of drug-likeness (QED) is 0.153. The Balaban J connectivity index is 1.82. The van der Waals surface area contributed by atoms with Crippen molar-refractivity contribution < 1.29 is 28.2 Å². The van der Waals surface area contributed by atoms with E-state index in [1.54, 1.807) is 20.5 Å². The second kappa shape index (κ2) is 15.8. The zero-order valence-corrected chi connectivity index (χ0v) is 33.9. The summed E-state index contributed by atoms with van der Waals surface area (Å²) in [6.45, 7) is 26.4. The fourth-order valence-corrected chi connectivity index (χ4v) is 6.68. The third kappa shape index (κ3) is 10.6. The molecular weight excluding hydrogens is 665 g/mol. The van der Waals surface area contributed by atoms with E-state index in [1.807, 2.05) is 78.8 Å². The van der Waals surface area contributed by atoms with Crippen molar-refractivity contribution in [1.29, 1.82) is 0 Å². The number of rotatable bonds is 11. The van der Waals surface area contributed by atoms with Crippen molar-refractivity contribution in [2.75, 3.05) is 36.5 Å². The third-order valence-corrected chi connectivity index (χ3v) is 13.6. The predicted octanol–water partition coefficient (Wildman–Crippen LogP) is 8.97. The number of likely N-dealkylation sites (tertiary alicyclic amines) is 1. The molecule has 0 aliphatic carbocycles. The van der Waals surface area contributed by atoms with E-state index < -0.39 is 25.6 Å². The summed E-state index contributed by atoms with van der Waals surface area (Å²) in [5, 5.41) is 8.43. The van der Waals surface area contributed by atoms with Crippen molar-refractivity contribution in [3.63, 3.8) is 0 Å². The number of hydrogen-bond donors (Lipinski definition) is 1. The molecule has 1 fully saturated rings. The number of ether oxygens (including phenoxy) is 3. The van der Waals surface area contributed by atoms with Gasteiger partial charge in [-0.05, 0) is 117 Å². The summed E-state index contributed by atoms with van der Waals surface area (Å²) in [5.74, 6) is 1.85. The molecule has 0 bridgehead atoms. The lowest BCUT2D eigenvalue weighted by molar-refractivity contribution is 0.0206. The Kier molecular flexibility index (Phi) is 12.4. The number of nitrogens with one attached hydrogen (secondary N) is 1. The standard InChI is InChI=1S/C38H60N6O6Si/c1-13-47-29-20-18-28(19-21-29)43(35(46)50-37(5,6)7)33-30(17-15-25-48-51(11,12)38(8,9)10)32(41-31-22-23-39-44(31)33)40-27-16-14-24-42(26-27)34(45)49-36(2,3)4/h18-23,27H,13-17,24-26H2,1-12H3,(H,40,41)/t27-/m0/s1. The van der Waals surface area contributed by atoms with Gasteiger partial charge in [0.15, 0.2) is 19.8 Å². The third-order valence-electron chi connectivity index (χ3n) is 9.05. The van der Waals surface area contributed by atoms with Crippen LogP contribution >= 0.6 is 0 Å². The Hall–Kier alpha value is -3.84. The maximum Gasteiger partial charge on any atom is 0.420 e. The number of piperidine rings is 1. The number of carbonyl (C=O) groups excluding carboxylic acids is 2. The normalized spacial score (nSPS) is 15.8. The van der Waals surface area contributed by atoms with E-state index in [9.17, 15) is 9.59 Å². The summed E-state index contributed by atoms with van der Waals surface area (Å²) in [6, 6.07) is 9.11. The predicted molar refractivity (Wildman–Crippen MR) is 205 cm³/mol. The fraction of sp³-hybridized carbons (Fsp3) is 0.632. The summed E-state index contributed by atoms with van der Waals surface area (Å²) in [4.78, 5) is 35.8. The molecule has 0 spiro atoms. The van der Waals surface area contributed by atoms with Gasteiger partial charge in [-0.15, -0.1) is 0 Å². The van der Waals surface area contributed by atoms with E-state index >= 15 is 0 Å². The molecule has 4 rings (SSSR count). The average molecular weight is 725 g/mol. The molecule has 3 heterocycles. The Morgan fingerprint density at radius 2 is 1.65 bits per heavy atom. The van der Waals surface area contributed by atoms with Crippen molar-refractivity contribution >= 4 is 43.5 Å². The number of anilines is 3. The maximum atomic E-state index is 14.3. The van der Waals surface area contributed by atoms with Crippen molar-refractivity contribution in [3.05, 3.63) is 42.1 Å². The number of benzene rings is 1. The van der Waals surface area contributed by atoms with Gasteiger partial charge >= 0.3 is 12.2 Å². The second-order valence-corrected chi connectivity index (χ2v) is 21.5. The molecule has 2 aromatic heterocycles. The first-order chi connectivity index (χ1) is 23.7. The van der Waals surface area contributed by atoms with Gasteiger partial charge in [0.05, 0.1) is 18.5 Å². The fourth-order valence-electron chi connectivity index (χ4n) is 5.59. The van der Waals surface area contributed by atoms with Gasteiger partial charge in [-0.3, -0.25) is 0 Å². The first kappa shape index (κ1) is 39.9. The Bertz CT molecular complexity index is 1640. The van der Waals surface area contributed by atoms with Gasteiger partial charge in [-0.1, -0.05) is 20.8 Å². The van der Waals surface area contributed by atoms with E-state index in [4.69, 9.17) is 23.6 Å². The lowest BCUT2D eigenvalue weighted by atomic mass is 10.0. The van der Waals surface area contributed by atoms with Crippen LogP contribution in [-0.2, 0) is 20.3 Å². The first-order valence-corrected chi connectivity index (χ1v) is 21.1. The highest BCUT2D eigenvalue weighted by Gasteiger charge is 2.37. The smallest absolute Gasteiger partial charge is 0.420 e. The van der Waals surface area contributed by atoms with Crippen molar-refractivity contribution in [3.8, 4) is 5.75 Å². The molecule has 1 aliphatic rings. The van der Waals surface area contributed by atoms with Crippen LogP contribution in [0.3, 0.4) is 0 Å². The molecule has 0 saturated carbocycles. The number of amides is 2. The van der Waals surface area contributed by atoms with E-state index in [1.165, 1.54) is 0 Å². The highest BCUT2D eigenvalue weighted by Crippen LogP contribution is 2.38. The van der Waals surface area contributed by atoms with Crippen LogP contribution in [0, 0.1) is 0 Å². The van der Waals surface area contributed by atoms with Crippen molar-refractivity contribution in [2.45, 2.75) is 130 Å². The summed E-state index contributed by atoms with van der Waals surface area (Å²) in [6.07, 6.45) is 3.66. The minimum atomic E-state index is -2.00. The molecule has 13 heteroatoms. The highest BCUT2D eigenvalue weighted by molar-refractivity contribution is 6.74. The van der Waals surface area contributed by atoms with Gasteiger partial charge in [0.1, 0.15) is 22.8 Å². The van der Waals surface area contributed by atoms with Crippen LogP contribution in [-0.4, -0.2) is 83.5 Å². The van der Waals surface area contributed by atoms with Gasteiger partial charge in [0, 0.05) is 37.4 Å². The van der Waals surface area contributed by atoms with Gasteiger partial charge in [0.25, 0.3) is 0 Å². The van der Waals surface area contributed by atoms with Crippen LogP contribution in [0.2, 0.25) is 18.1 Å². The molecule has 2 amide bonds. The molecule has 1 aliphatic heterocycles. The van der Waals surface area contributed by atoms with Crippen LogP contribution < -0.4 is 15.0 Å². The zero-order chi connectivity index (χ0) is 37.8. The molecule has 1 aromatic carbocycles. The van der Waals surface area contributed by atoms with Gasteiger partial charge < -0.3 is 28.9 Å². The number of carbonyl (C=O) groups is 2. The van der Waals surface area contributed by atoms with Gasteiger partial charge in [0.2, 0.25) is 0 Å². The lowest BCUT2D eigenvalue weighted by Gasteiger charge is -2.36. The van der Waals surface area contributed by atoms with Crippen LogP contribution in [0.15, 0.2) is 36.5 Å². The van der Waals surface area contributed by atoms with E-state index in [0.29, 0.717) is 67.9 Å². The minimum Gasteiger partial charge on any atom is -0.494 e. The van der Waals surface area contributed by atoms with Crippen molar-refractivity contribution in [1.82, 2.24) is 19.5 Å². The zero-order valence-electron chi connectivity index (χ0n) is 32.9. The van der Waals surface area contributed by atoms with E-state index in [0.717, 1.165) is 18.4 Å². The molecule has 1 N–H and O–H groups in total. The Morgan fingerprint density at radius 3 is 2.25 bits per heavy atom. The van der Waals surface area contributed by atoms with Crippen molar-refractivity contribution in [2.24, 2.45) is 0 Å². The summed E-state index contributed by atoms with van der Waals surface area (Å²) in [5.41, 5.74) is 0.594.